The lowest BCUT2D eigenvalue weighted by Crippen LogP contribution is -2.53. The number of carbonyl (C=O) groups excluding carboxylic acids is 1. The third kappa shape index (κ3) is 4.67. The van der Waals surface area contributed by atoms with Gasteiger partial charge in [-0.15, -0.1) is 0 Å². The van der Waals surface area contributed by atoms with Crippen molar-refractivity contribution >= 4 is 29.6 Å². The summed E-state index contributed by atoms with van der Waals surface area (Å²) in [5, 5.41) is 22.0. The summed E-state index contributed by atoms with van der Waals surface area (Å²) in [6.07, 6.45) is 2.94. The Bertz CT molecular complexity index is 731. The number of hydrogen-bond acceptors (Lipinski definition) is 5. The fourth-order valence-corrected chi connectivity index (χ4v) is 5.27. The van der Waals surface area contributed by atoms with Gasteiger partial charge in [-0.1, -0.05) is 24.3 Å². The first kappa shape index (κ1) is 20.7. The standard InChI is InChI=1S/C20H26N2O5S/c1-12(18(23)22-8-4-7-17(22)20(26)27)21-16(19(24)25)11-28-15-9-13-5-2-3-6-14(13)10-15/h2-3,5-6,12,15-17,21H,4,7-11H2,1H3,(H,24,25)(H,26,27)/t12?,16-,17-/m0/s1. The van der Waals surface area contributed by atoms with Crippen molar-refractivity contribution in [3.05, 3.63) is 35.4 Å². The molecule has 0 radical (unpaired) electrons. The molecule has 28 heavy (non-hydrogen) atoms. The zero-order chi connectivity index (χ0) is 20.3. The van der Waals surface area contributed by atoms with Gasteiger partial charge in [-0.3, -0.25) is 14.9 Å². The van der Waals surface area contributed by atoms with E-state index in [1.54, 1.807) is 18.7 Å². The number of benzene rings is 1. The van der Waals surface area contributed by atoms with Gasteiger partial charge in [-0.05, 0) is 43.7 Å². The molecule has 0 spiro atoms. The summed E-state index contributed by atoms with van der Waals surface area (Å²) < 4.78 is 0. The van der Waals surface area contributed by atoms with Crippen LogP contribution in [0.4, 0.5) is 0 Å². The van der Waals surface area contributed by atoms with Crippen LogP contribution in [0.1, 0.15) is 30.9 Å². The molecule has 3 atom stereocenters. The number of nitrogens with one attached hydrogen (secondary N) is 1. The first-order valence-corrected chi connectivity index (χ1v) is 10.6. The van der Waals surface area contributed by atoms with E-state index < -0.39 is 30.1 Å². The minimum absolute atomic E-state index is 0.335. The van der Waals surface area contributed by atoms with Gasteiger partial charge in [0.25, 0.3) is 0 Å². The van der Waals surface area contributed by atoms with E-state index in [0.29, 0.717) is 30.4 Å². The molecule has 0 saturated carbocycles. The second-order valence-corrected chi connectivity index (χ2v) is 8.77. The SMILES string of the molecule is CC(N[C@@H](CSC1Cc2ccccc2C1)C(=O)O)C(=O)N1CCC[C@H]1C(=O)O. The highest BCUT2D eigenvalue weighted by Crippen LogP contribution is 2.30. The van der Waals surface area contributed by atoms with Crippen LogP contribution in [0.2, 0.25) is 0 Å². The number of aliphatic carboxylic acids is 2. The number of amides is 1. The van der Waals surface area contributed by atoms with Gasteiger partial charge in [0, 0.05) is 17.5 Å². The van der Waals surface area contributed by atoms with Crippen LogP contribution in [0.25, 0.3) is 0 Å². The van der Waals surface area contributed by atoms with E-state index in [-0.39, 0.29) is 5.91 Å². The Morgan fingerprint density at radius 1 is 1.21 bits per heavy atom. The molecular weight excluding hydrogens is 380 g/mol. The number of likely N-dealkylation sites (tertiary alicyclic amines) is 1. The highest BCUT2D eigenvalue weighted by molar-refractivity contribution is 8.00. The van der Waals surface area contributed by atoms with Gasteiger partial charge in [0.15, 0.2) is 0 Å². The van der Waals surface area contributed by atoms with Crippen molar-refractivity contribution in [3.63, 3.8) is 0 Å². The van der Waals surface area contributed by atoms with Crippen LogP contribution in [0, 0.1) is 0 Å². The molecule has 2 aliphatic rings. The van der Waals surface area contributed by atoms with Crippen LogP contribution in [0.5, 0.6) is 0 Å². The quantitative estimate of drug-likeness (QED) is 0.599. The van der Waals surface area contributed by atoms with E-state index in [1.165, 1.54) is 16.0 Å². The van der Waals surface area contributed by atoms with Crippen LogP contribution in [0.15, 0.2) is 24.3 Å². The third-order valence-corrected chi connectivity index (χ3v) is 6.78. The van der Waals surface area contributed by atoms with Crippen LogP contribution < -0.4 is 5.32 Å². The summed E-state index contributed by atoms with van der Waals surface area (Å²) in [7, 11) is 0. The van der Waals surface area contributed by atoms with E-state index in [4.69, 9.17) is 0 Å². The van der Waals surface area contributed by atoms with E-state index in [9.17, 15) is 24.6 Å². The Hall–Kier alpha value is -2.06. The third-order valence-electron chi connectivity index (χ3n) is 5.45. The van der Waals surface area contributed by atoms with Gasteiger partial charge in [0.1, 0.15) is 12.1 Å². The lowest BCUT2D eigenvalue weighted by molar-refractivity contribution is -0.149. The molecule has 3 N–H and O–H groups in total. The fraction of sp³-hybridized carbons (Fsp3) is 0.550. The van der Waals surface area contributed by atoms with Crippen molar-refractivity contribution < 1.29 is 24.6 Å². The number of carboxylic acid groups (broad SMARTS) is 2. The molecule has 1 heterocycles. The summed E-state index contributed by atoms with van der Waals surface area (Å²) in [5.74, 6) is -2.01. The molecule has 1 aliphatic heterocycles. The maximum absolute atomic E-state index is 12.6. The van der Waals surface area contributed by atoms with Gasteiger partial charge in [-0.25, -0.2) is 4.79 Å². The predicted molar refractivity (Wildman–Crippen MR) is 106 cm³/mol. The summed E-state index contributed by atoms with van der Waals surface area (Å²) in [6.45, 7) is 2.00. The second kappa shape index (κ2) is 8.96. The van der Waals surface area contributed by atoms with Crippen molar-refractivity contribution in [2.45, 2.75) is 56.0 Å². The van der Waals surface area contributed by atoms with Crippen molar-refractivity contribution in [1.29, 1.82) is 0 Å². The largest absolute Gasteiger partial charge is 0.480 e. The Balaban J connectivity index is 1.54. The molecule has 0 aromatic heterocycles. The predicted octanol–water partition coefficient (Wildman–Crippen LogP) is 1.39. The van der Waals surface area contributed by atoms with Gasteiger partial charge < -0.3 is 15.1 Å². The average Bonchev–Trinajstić information content (AvgIpc) is 3.30. The van der Waals surface area contributed by atoms with Crippen LogP contribution in [-0.4, -0.2) is 68.6 Å². The lowest BCUT2D eigenvalue weighted by Gasteiger charge is -2.27. The van der Waals surface area contributed by atoms with Crippen molar-refractivity contribution in [1.82, 2.24) is 10.2 Å². The highest BCUT2D eigenvalue weighted by Gasteiger charge is 2.37. The fourth-order valence-electron chi connectivity index (χ4n) is 3.97. The van der Waals surface area contributed by atoms with E-state index in [1.807, 2.05) is 12.1 Å². The van der Waals surface area contributed by atoms with Gasteiger partial charge in [-0.2, -0.15) is 11.8 Å². The lowest BCUT2D eigenvalue weighted by atomic mass is 10.1. The zero-order valence-corrected chi connectivity index (χ0v) is 16.7. The Morgan fingerprint density at radius 2 is 1.86 bits per heavy atom. The number of fused-ring (bicyclic) bond motifs is 1. The van der Waals surface area contributed by atoms with Crippen LogP contribution in [0.3, 0.4) is 0 Å². The number of thioether (sulfide) groups is 1. The molecule has 7 nitrogen and oxygen atoms in total. The Morgan fingerprint density at radius 3 is 2.43 bits per heavy atom. The first-order valence-electron chi connectivity index (χ1n) is 9.57. The number of hydrogen-bond donors (Lipinski definition) is 3. The molecule has 1 amide bonds. The molecule has 1 unspecified atom stereocenters. The smallest absolute Gasteiger partial charge is 0.326 e. The molecular formula is C20H26N2O5S. The molecule has 1 aliphatic carbocycles. The van der Waals surface area contributed by atoms with Crippen LogP contribution >= 0.6 is 11.8 Å². The van der Waals surface area contributed by atoms with E-state index in [2.05, 4.69) is 17.4 Å². The van der Waals surface area contributed by atoms with Gasteiger partial charge >= 0.3 is 11.9 Å². The number of carbonyl (C=O) groups is 3. The van der Waals surface area contributed by atoms with Crippen molar-refractivity contribution in [3.8, 4) is 0 Å². The number of nitrogens with zero attached hydrogens (tertiary/aromatic N) is 1. The van der Waals surface area contributed by atoms with Crippen molar-refractivity contribution in [2.24, 2.45) is 0 Å². The number of carboxylic acids is 2. The molecule has 8 heteroatoms. The van der Waals surface area contributed by atoms with Crippen molar-refractivity contribution in [2.75, 3.05) is 12.3 Å². The molecule has 1 aromatic rings. The summed E-state index contributed by atoms with van der Waals surface area (Å²) in [4.78, 5) is 37.0. The normalized spacial score (nSPS) is 21.3. The maximum atomic E-state index is 12.6. The van der Waals surface area contributed by atoms with Gasteiger partial charge in [0.05, 0.1) is 6.04 Å². The highest BCUT2D eigenvalue weighted by atomic mass is 32.2. The summed E-state index contributed by atoms with van der Waals surface area (Å²) in [6, 6.07) is 5.83. The molecule has 152 valence electrons. The molecule has 1 fully saturated rings. The van der Waals surface area contributed by atoms with E-state index in [0.717, 1.165) is 12.8 Å². The zero-order valence-electron chi connectivity index (χ0n) is 15.8. The summed E-state index contributed by atoms with van der Waals surface area (Å²) >= 11 is 1.61. The molecule has 1 saturated heterocycles. The van der Waals surface area contributed by atoms with Crippen LogP contribution in [-0.2, 0) is 27.2 Å². The average molecular weight is 407 g/mol. The molecule has 1 aromatic carbocycles. The van der Waals surface area contributed by atoms with E-state index >= 15 is 0 Å². The Labute approximate surface area is 168 Å². The maximum Gasteiger partial charge on any atom is 0.326 e. The molecule has 0 bridgehead atoms. The minimum Gasteiger partial charge on any atom is -0.480 e. The minimum atomic E-state index is -1.01. The number of rotatable bonds is 8. The first-order chi connectivity index (χ1) is 13.4. The monoisotopic (exact) mass is 406 g/mol. The molecule has 3 rings (SSSR count). The topological polar surface area (TPSA) is 107 Å². The van der Waals surface area contributed by atoms with Gasteiger partial charge in [0.2, 0.25) is 5.91 Å². The Kier molecular flexibility index (Phi) is 6.61. The second-order valence-electron chi connectivity index (χ2n) is 7.44. The summed E-state index contributed by atoms with van der Waals surface area (Å²) in [5.41, 5.74) is 2.63.